The highest BCUT2D eigenvalue weighted by molar-refractivity contribution is 5.73. The number of aromatic nitrogens is 1. The van der Waals surface area contributed by atoms with Crippen molar-refractivity contribution in [3.8, 4) is 11.3 Å². The van der Waals surface area contributed by atoms with E-state index in [1.807, 2.05) is 24.3 Å². The van der Waals surface area contributed by atoms with Crippen molar-refractivity contribution in [2.24, 2.45) is 0 Å². The number of benzene rings is 3. The summed E-state index contributed by atoms with van der Waals surface area (Å²) in [6.45, 7) is 8.48. The summed E-state index contributed by atoms with van der Waals surface area (Å²) >= 11 is 0. The van der Waals surface area contributed by atoms with Gasteiger partial charge in [0.1, 0.15) is 5.82 Å². The summed E-state index contributed by atoms with van der Waals surface area (Å²) in [5, 5.41) is 25.0. The molecule has 4 N–H and O–H groups in total. The maximum atomic E-state index is 13.2. The van der Waals surface area contributed by atoms with Crippen molar-refractivity contribution in [3.05, 3.63) is 101 Å². The molecule has 1 fully saturated rings. The lowest BCUT2D eigenvalue weighted by Gasteiger charge is -2.28. The fourth-order valence-corrected chi connectivity index (χ4v) is 5.17. The molecule has 7 nitrogen and oxygen atoms in total. The number of anilines is 2. The van der Waals surface area contributed by atoms with Crippen LogP contribution in [-0.4, -0.2) is 34.9 Å². The Morgan fingerprint density at radius 2 is 1.76 bits per heavy atom. The SMILES string of the molecule is CC(=O)N[C@@H](Cc1ccc(Nc2cc(-c3ccc(F)cc3)on2)cc1)[C@H](O)CNC1(c2cccc(C(C)(C)C)c2)CC1. The van der Waals surface area contributed by atoms with Gasteiger partial charge in [0, 0.05) is 36.3 Å². The molecule has 0 saturated heterocycles. The normalized spacial score (nSPS) is 15.6. The molecule has 0 bridgehead atoms. The van der Waals surface area contributed by atoms with Gasteiger partial charge in [-0.15, -0.1) is 0 Å². The number of aliphatic hydroxyl groups excluding tert-OH is 1. The average molecular weight is 571 g/mol. The number of hydrogen-bond acceptors (Lipinski definition) is 6. The number of hydrogen-bond donors (Lipinski definition) is 4. The Kier molecular flexibility index (Phi) is 8.48. The van der Waals surface area contributed by atoms with Gasteiger partial charge in [0.15, 0.2) is 11.6 Å². The van der Waals surface area contributed by atoms with Crippen LogP contribution in [0.1, 0.15) is 57.2 Å². The third-order valence-electron chi connectivity index (χ3n) is 7.85. The van der Waals surface area contributed by atoms with Crippen molar-refractivity contribution in [1.82, 2.24) is 15.8 Å². The lowest BCUT2D eigenvalue weighted by molar-refractivity contribution is -0.120. The van der Waals surface area contributed by atoms with Gasteiger partial charge < -0.3 is 25.6 Å². The highest BCUT2D eigenvalue weighted by atomic mass is 19.1. The lowest BCUT2D eigenvalue weighted by Crippen LogP contribution is -2.49. The molecule has 0 unspecified atom stereocenters. The lowest BCUT2D eigenvalue weighted by atomic mass is 9.85. The second-order valence-electron chi connectivity index (χ2n) is 12.3. The molecule has 5 rings (SSSR count). The van der Waals surface area contributed by atoms with Crippen LogP contribution in [0.4, 0.5) is 15.9 Å². The summed E-state index contributed by atoms with van der Waals surface area (Å²) in [6, 6.07) is 23.8. The topological polar surface area (TPSA) is 99.4 Å². The first-order valence-electron chi connectivity index (χ1n) is 14.4. The molecule has 2 atom stereocenters. The minimum atomic E-state index is -0.769. The van der Waals surface area contributed by atoms with E-state index in [1.54, 1.807) is 18.2 Å². The highest BCUT2D eigenvalue weighted by Crippen LogP contribution is 2.46. The summed E-state index contributed by atoms with van der Waals surface area (Å²) in [5.74, 6) is 0.570. The third-order valence-corrected chi connectivity index (χ3v) is 7.85. The number of carbonyl (C=O) groups is 1. The zero-order valence-electron chi connectivity index (χ0n) is 24.6. The molecule has 1 aliphatic carbocycles. The van der Waals surface area contributed by atoms with E-state index in [4.69, 9.17) is 4.52 Å². The van der Waals surface area contributed by atoms with Crippen LogP contribution in [0, 0.1) is 5.82 Å². The Hall–Kier alpha value is -4.01. The molecule has 220 valence electrons. The second kappa shape index (κ2) is 12.1. The summed E-state index contributed by atoms with van der Waals surface area (Å²) in [6.07, 6.45) is 1.75. The van der Waals surface area contributed by atoms with Crippen LogP contribution in [0.5, 0.6) is 0 Å². The molecule has 8 heteroatoms. The van der Waals surface area contributed by atoms with Gasteiger partial charge in [-0.1, -0.05) is 62.3 Å². The predicted molar refractivity (Wildman–Crippen MR) is 163 cm³/mol. The first-order chi connectivity index (χ1) is 20.0. The molecular formula is C34H39FN4O3. The minimum absolute atomic E-state index is 0.0646. The number of amides is 1. The van der Waals surface area contributed by atoms with Crippen molar-refractivity contribution in [3.63, 3.8) is 0 Å². The van der Waals surface area contributed by atoms with E-state index in [0.29, 0.717) is 24.5 Å². The largest absolute Gasteiger partial charge is 0.390 e. The zero-order valence-corrected chi connectivity index (χ0v) is 24.6. The first-order valence-corrected chi connectivity index (χ1v) is 14.4. The predicted octanol–water partition coefficient (Wildman–Crippen LogP) is 6.21. The molecule has 1 aromatic heterocycles. The van der Waals surface area contributed by atoms with E-state index in [0.717, 1.165) is 29.7 Å². The van der Waals surface area contributed by atoms with E-state index in [2.05, 4.69) is 66.1 Å². The quantitative estimate of drug-likeness (QED) is 0.171. The van der Waals surface area contributed by atoms with Gasteiger partial charge in [0.25, 0.3) is 0 Å². The molecule has 0 aliphatic heterocycles. The van der Waals surface area contributed by atoms with E-state index in [-0.39, 0.29) is 22.7 Å². The molecule has 1 amide bonds. The molecule has 1 aliphatic rings. The van der Waals surface area contributed by atoms with Crippen molar-refractivity contribution in [2.45, 2.75) is 70.1 Å². The molecule has 0 radical (unpaired) electrons. The van der Waals surface area contributed by atoms with Crippen molar-refractivity contribution in [1.29, 1.82) is 0 Å². The third kappa shape index (κ3) is 7.24. The van der Waals surface area contributed by atoms with Crippen LogP contribution in [0.3, 0.4) is 0 Å². The average Bonchev–Trinajstić information content (AvgIpc) is 3.62. The monoisotopic (exact) mass is 570 g/mol. The number of rotatable bonds is 11. The molecule has 3 aromatic carbocycles. The summed E-state index contributed by atoms with van der Waals surface area (Å²) in [7, 11) is 0. The van der Waals surface area contributed by atoms with Crippen LogP contribution < -0.4 is 16.0 Å². The van der Waals surface area contributed by atoms with Crippen LogP contribution in [0.25, 0.3) is 11.3 Å². The molecule has 1 saturated carbocycles. The van der Waals surface area contributed by atoms with Gasteiger partial charge in [-0.05, 0) is 77.8 Å². The Morgan fingerprint density at radius 1 is 1.05 bits per heavy atom. The fourth-order valence-electron chi connectivity index (χ4n) is 5.17. The zero-order chi connectivity index (χ0) is 29.9. The molecule has 1 heterocycles. The van der Waals surface area contributed by atoms with Gasteiger partial charge >= 0.3 is 0 Å². The number of nitrogens with one attached hydrogen (secondary N) is 3. The fraction of sp³-hybridized carbons (Fsp3) is 0.353. The van der Waals surface area contributed by atoms with E-state index in [1.165, 1.54) is 30.2 Å². The van der Waals surface area contributed by atoms with Gasteiger partial charge in [-0.3, -0.25) is 4.79 Å². The molecule has 42 heavy (non-hydrogen) atoms. The highest BCUT2D eigenvalue weighted by Gasteiger charge is 2.44. The van der Waals surface area contributed by atoms with Crippen LogP contribution >= 0.6 is 0 Å². The maximum absolute atomic E-state index is 13.2. The van der Waals surface area contributed by atoms with Gasteiger partial charge in [0.05, 0.1) is 12.1 Å². The molecule has 0 spiro atoms. The van der Waals surface area contributed by atoms with E-state index in [9.17, 15) is 14.3 Å². The van der Waals surface area contributed by atoms with Crippen LogP contribution in [-0.2, 0) is 22.2 Å². The molecular weight excluding hydrogens is 531 g/mol. The summed E-state index contributed by atoms with van der Waals surface area (Å²) < 4.78 is 18.6. The summed E-state index contributed by atoms with van der Waals surface area (Å²) in [4.78, 5) is 12.0. The van der Waals surface area contributed by atoms with Crippen LogP contribution in [0.2, 0.25) is 0 Å². The standard InChI is InChI=1S/C34H39FN4O3/c1-22(40)37-29(30(41)21-36-34(16-17-34)26-7-5-6-25(19-26)33(2,3)4)18-23-8-14-28(15-9-23)38-32-20-31(42-39-32)24-10-12-27(35)13-11-24/h5-15,19-20,29-30,36,41H,16-18,21H2,1-4H3,(H,37,40)(H,38,39)/t29-,30+/m0/s1. The van der Waals surface area contributed by atoms with Crippen molar-refractivity contribution >= 4 is 17.4 Å². The Bertz CT molecular complexity index is 1510. The van der Waals surface area contributed by atoms with Gasteiger partial charge in [-0.25, -0.2) is 4.39 Å². The number of nitrogens with zero attached hydrogens (tertiary/aromatic N) is 1. The summed E-state index contributed by atoms with van der Waals surface area (Å²) in [5.41, 5.74) is 4.99. The molecule has 4 aromatic rings. The smallest absolute Gasteiger partial charge is 0.217 e. The van der Waals surface area contributed by atoms with Crippen molar-refractivity contribution < 1.29 is 18.8 Å². The number of aliphatic hydroxyl groups is 1. The Labute approximate surface area is 246 Å². The minimum Gasteiger partial charge on any atom is -0.390 e. The van der Waals surface area contributed by atoms with Crippen molar-refractivity contribution in [2.75, 3.05) is 11.9 Å². The first kappa shape index (κ1) is 29.5. The van der Waals surface area contributed by atoms with Gasteiger partial charge in [-0.2, -0.15) is 0 Å². The maximum Gasteiger partial charge on any atom is 0.217 e. The number of halogens is 1. The van der Waals surface area contributed by atoms with E-state index < -0.39 is 12.1 Å². The Balaban J connectivity index is 1.20. The second-order valence-corrected chi connectivity index (χ2v) is 12.3. The Morgan fingerprint density at radius 3 is 2.40 bits per heavy atom. The number of carbonyl (C=O) groups excluding carboxylic acids is 1. The van der Waals surface area contributed by atoms with Gasteiger partial charge in [0.2, 0.25) is 5.91 Å². The van der Waals surface area contributed by atoms with E-state index >= 15 is 0 Å². The van der Waals surface area contributed by atoms with Crippen LogP contribution in [0.15, 0.2) is 83.4 Å².